The fraction of sp³-hybridized carbons (Fsp3) is 0.0278. The summed E-state index contributed by atoms with van der Waals surface area (Å²) in [5, 5.41) is 4.81. The molecule has 0 aliphatic carbocycles. The van der Waals surface area contributed by atoms with Crippen LogP contribution in [-0.2, 0) is 0 Å². The van der Waals surface area contributed by atoms with Gasteiger partial charge < -0.3 is 0 Å². The minimum Gasteiger partial charge on any atom is -0.278 e. The highest BCUT2D eigenvalue weighted by Crippen LogP contribution is 2.36. The van der Waals surface area contributed by atoms with Crippen molar-refractivity contribution in [2.75, 3.05) is 0 Å². The molecule has 0 saturated heterocycles. The molecule has 0 spiro atoms. The fourth-order valence-electron chi connectivity index (χ4n) is 5.33. The molecule has 0 aliphatic heterocycles. The summed E-state index contributed by atoms with van der Waals surface area (Å²) in [5.74, 6) is 1.84. The average Bonchev–Trinajstić information content (AvgIpc) is 3.36. The van der Waals surface area contributed by atoms with Crippen LogP contribution < -0.4 is 0 Å². The van der Waals surface area contributed by atoms with E-state index in [1.807, 2.05) is 37.3 Å². The van der Waals surface area contributed by atoms with Gasteiger partial charge in [0, 0.05) is 16.3 Å². The molecule has 7 rings (SSSR count). The molecule has 4 nitrogen and oxygen atoms in total. The van der Waals surface area contributed by atoms with Gasteiger partial charge in [-0.1, -0.05) is 121 Å². The zero-order valence-corrected chi connectivity index (χ0v) is 22.1. The summed E-state index contributed by atoms with van der Waals surface area (Å²) in [6.07, 6.45) is 7.85. The van der Waals surface area contributed by atoms with Crippen molar-refractivity contribution < 1.29 is 0 Å². The third-order valence-electron chi connectivity index (χ3n) is 7.20. The van der Waals surface area contributed by atoms with Crippen LogP contribution in [-0.4, -0.2) is 19.5 Å². The van der Waals surface area contributed by atoms with Gasteiger partial charge in [0.2, 0.25) is 5.95 Å². The van der Waals surface area contributed by atoms with Gasteiger partial charge in [-0.15, -0.1) is 0 Å². The van der Waals surface area contributed by atoms with Crippen molar-refractivity contribution in [2.45, 2.75) is 6.92 Å². The molecule has 5 aromatic carbocycles. The molecule has 40 heavy (non-hydrogen) atoms. The molecule has 2 aromatic heterocycles. The van der Waals surface area contributed by atoms with Crippen LogP contribution in [0.2, 0.25) is 0 Å². The Balaban J connectivity index is 1.45. The molecule has 0 N–H and O–H groups in total. The van der Waals surface area contributed by atoms with Crippen molar-refractivity contribution in [2.24, 2.45) is 0 Å². The molecule has 0 unspecified atom stereocenters. The predicted molar refractivity (Wildman–Crippen MR) is 166 cm³/mol. The number of fused-ring (bicyclic) bond motifs is 5. The zero-order valence-electron chi connectivity index (χ0n) is 22.1. The molecule has 0 amide bonds. The van der Waals surface area contributed by atoms with Gasteiger partial charge in [-0.25, -0.2) is 4.98 Å². The highest BCUT2D eigenvalue weighted by molar-refractivity contribution is 6.21. The van der Waals surface area contributed by atoms with Gasteiger partial charge in [0.25, 0.3) is 0 Å². The van der Waals surface area contributed by atoms with E-state index in [9.17, 15) is 0 Å². The lowest BCUT2D eigenvalue weighted by Gasteiger charge is -2.10. The van der Waals surface area contributed by atoms with Crippen molar-refractivity contribution in [1.82, 2.24) is 19.5 Å². The molecule has 0 saturated carbocycles. The number of nitrogens with zero attached hydrogens (tertiary/aromatic N) is 4. The van der Waals surface area contributed by atoms with Crippen LogP contribution in [0.4, 0.5) is 0 Å². The summed E-state index contributed by atoms with van der Waals surface area (Å²) in [7, 11) is 0. The molecule has 2 heterocycles. The third kappa shape index (κ3) is 4.16. The number of allylic oxidation sites excluding steroid dienone is 3. The second-order valence-electron chi connectivity index (χ2n) is 9.68. The second kappa shape index (κ2) is 10.1. The highest BCUT2D eigenvalue weighted by atomic mass is 15.2. The SMILES string of the molecule is C/C=C\C=C/c1nc(-c2ccc(-c3ccccc3)cc2)nc(-n2c3ccccc3c3c4ccccc4ccc32)n1. The first kappa shape index (κ1) is 23.7. The summed E-state index contributed by atoms with van der Waals surface area (Å²) in [4.78, 5) is 14.8. The average molecular weight is 515 g/mol. The van der Waals surface area contributed by atoms with Crippen molar-refractivity contribution in [3.8, 4) is 28.5 Å². The summed E-state index contributed by atoms with van der Waals surface area (Å²) in [5.41, 5.74) is 5.41. The van der Waals surface area contributed by atoms with Crippen LogP contribution >= 0.6 is 0 Å². The first-order chi connectivity index (χ1) is 19.8. The first-order valence-corrected chi connectivity index (χ1v) is 13.4. The Kier molecular flexibility index (Phi) is 5.98. The Hall–Kier alpha value is -5.35. The number of para-hydroxylation sites is 1. The fourth-order valence-corrected chi connectivity index (χ4v) is 5.33. The zero-order chi connectivity index (χ0) is 26.9. The topological polar surface area (TPSA) is 43.6 Å². The van der Waals surface area contributed by atoms with Crippen LogP contribution in [0.3, 0.4) is 0 Å². The maximum absolute atomic E-state index is 5.05. The van der Waals surface area contributed by atoms with Crippen molar-refractivity contribution in [1.29, 1.82) is 0 Å². The molecular weight excluding hydrogens is 488 g/mol. The third-order valence-corrected chi connectivity index (χ3v) is 7.20. The molecule has 7 aromatic rings. The van der Waals surface area contributed by atoms with Crippen molar-refractivity contribution >= 4 is 38.7 Å². The highest BCUT2D eigenvalue weighted by Gasteiger charge is 2.18. The van der Waals surface area contributed by atoms with E-state index in [0.29, 0.717) is 17.6 Å². The number of hydrogen-bond acceptors (Lipinski definition) is 3. The molecule has 0 fully saturated rings. The normalized spacial score (nSPS) is 11.9. The Morgan fingerprint density at radius 1 is 0.550 bits per heavy atom. The van der Waals surface area contributed by atoms with Gasteiger partial charge in [-0.3, -0.25) is 4.57 Å². The maximum Gasteiger partial charge on any atom is 0.238 e. The second-order valence-corrected chi connectivity index (χ2v) is 9.68. The number of aromatic nitrogens is 4. The summed E-state index contributed by atoms with van der Waals surface area (Å²) in [6, 6.07) is 40.1. The summed E-state index contributed by atoms with van der Waals surface area (Å²) in [6.45, 7) is 1.99. The largest absolute Gasteiger partial charge is 0.278 e. The summed E-state index contributed by atoms with van der Waals surface area (Å²) >= 11 is 0. The minimum atomic E-state index is 0.596. The smallest absolute Gasteiger partial charge is 0.238 e. The monoisotopic (exact) mass is 514 g/mol. The Morgan fingerprint density at radius 3 is 2.08 bits per heavy atom. The molecule has 4 heteroatoms. The van der Waals surface area contributed by atoms with Crippen molar-refractivity contribution in [3.05, 3.63) is 139 Å². The molecule has 0 atom stereocenters. The molecule has 190 valence electrons. The van der Waals surface area contributed by atoms with Gasteiger partial charge in [0.1, 0.15) is 0 Å². The van der Waals surface area contributed by atoms with E-state index in [4.69, 9.17) is 15.0 Å². The Labute approximate surface area is 232 Å². The van der Waals surface area contributed by atoms with Gasteiger partial charge >= 0.3 is 0 Å². The molecule has 0 bridgehead atoms. The van der Waals surface area contributed by atoms with Crippen molar-refractivity contribution in [3.63, 3.8) is 0 Å². The lowest BCUT2D eigenvalue weighted by molar-refractivity contribution is 0.936. The minimum absolute atomic E-state index is 0.596. The molecule has 0 radical (unpaired) electrons. The van der Waals surface area contributed by atoms with Crippen LogP contribution in [0.15, 0.2) is 133 Å². The molecular formula is C36H26N4. The standard InChI is InChI=1S/C36H26N4/c1-2-3-5-18-33-37-35(28-21-19-26(20-22-28)25-12-6-4-7-13-25)39-36(38-33)40-31-17-11-10-16-30(31)34-29-15-9-8-14-27(29)23-24-32(34)40/h2-24H,1H3/b3-2-,18-5-. The van der Waals surface area contributed by atoms with Gasteiger partial charge in [0.15, 0.2) is 11.6 Å². The van der Waals surface area contributed by atoms with Gasteiger partial charge in [0.05, 0.1) is 11.0 Å². The summed E-state index contributed by atoms with van der Waals surface area (Å²) < 4.78 is 2.16. The van der Waals surface area contributed by atoms with Gasteiger partial charge in [-0.2, -0.15) is 9.97 Å². The van der Waals surface area contributed by atoms with Crippen LogP contribution in [0.1, 0.15) is 12.7 Å². The number of rotatable bonds is 5. The van der Waals surface area contributed by atoms with E-state index < -0.39 is 0 Å². The van der Waals surface area contributed by atoms with E-state index in [0.717, 1.165) is 22.2 Å². The van der Waals surface area contributed by atoms with E-state index in [1.54, 1.807) is 0 Å². The Bertz CT molecular complexity index is 2050. The maximum atomic E-state index is 5.05. The van der Waals surface area contributed by atoms with E-state index in [2.05, 4.69) is 114 Å². The number of benzene rings is 5. The predicted octanol–water partition coefficient (Wildman–Crippen LogP) is 9.05. The van der Waals surface area contributed by atoms with Gasteiger partial charge in [-0.05, 0) is 47.0 Å². The van der Waals surface area contributed by atoms with E-state index in [-0.39, 0.29) is 0 Å². The van der Waals surface area contributed by atoms with E-state index in [1.165, 1.54) is 27.1 Å². The number of hydrogen-bond donors (Lipinski definition) is 0. The van der Waals surface area contributed by atoms with Crippen LogP contribution in [0.25, 0.3) is 67.1 Å². The van der Waals surface area contributed by atoms with Crippen LogP contribution in [0.5, 0.6) is 0 Å². The lowest BCUT2D eigenvalue weighted by atomic mass is 10.0. The van der Waals surface area contributed by atoms with Crippen LogP contribution in [0, 0.1) is 0 Å². The first-order valence-electron chi connectivity index (χ1n) is 13.4. The van der Waals surface area contributed by atoms with E-state index >= 15 is 0 Å². The molecule has 0 aliphatic rings. The Morgan fingerprint density at radius 2 is 1.25 bits per heavy atom. The quantitative estimate of drug-likeness (QED) is 0.215. The lowest BCUT2D eigenvalue weighted by Crippen LogP contribution is -2.06.